The summed E-state index contributed by atoms with van der Waals surface area (Å²) < 4.78 is 0. The molecule has 0 bridgehead atoms. The van der Waals surface area contributed by atoms with Gasteiger partial charge in [0.2, 0.25) is 0 Å². The van der Waals surface area contributed by atoms with Gasteiger partial charge in [-0.2, -0.15) is 5.26 Å². The molecule has 0 atom stereocenters. The van der Waals surface area contributed by atoms with Gasteiger partial charge >= 0.3 is 0 Å². The minimum absolute atomic E-state index is 0.0647. The van der Waals surface area contributed by atoms with E-state index >= 15 is 0 Å². The lowest BCUT2D eigenvalue weighted by Gasteiger charge is -2.29. The van der Waals surface area contributed by atoms with Crippen molar-refractivity contribution < 1.29 is 10.0 Å². The van der Waals surface area contributed by atoms with Crippen LogP contribution in [-0.2, 0) is 0 Å². The second kappa shape index (κ2) is 5.67. The van der Waals surface area contributed by atoms with Crippen LogP contribution in [-0.4, -0.2) is 28.7 Å². The third kappa shape index (κ3) is 3.93. The Morgan fingerprint density at radius 2 is 2.16 bits per heavy atom. The molecule has 0 unspecified atom stereocenters. The Bertz CT molecular complexity index is 515. The van der Waals surface area contributed by atoms with Gasteiger partial charge in [0.15, 0.2) is 0 Å². The Morgan fingerprint density at radius 1 is 1.53 bits per heavy atom. The lowest BCUT2D eigenvalue weighted by Crippen LogP contribution is -2.38. The van der Waals surface area contributed by atoms with Crippen molar-refractivity contribution in [1.82, 2.24) is 0 Å². The monoisotopic (exact) mass is 263 g/mol. The largest absolute Gasteiger partial charge is 0.389 e. The van der Waals surface area contributed by atoms with Gasteiger partial charge < -0.3 is 10.0 Å². The number of aliphatic hydroxyl groups is 1. The molecule has 6 heteroatoms. The molecule has 0 aromatic heterocycles. The maximum atomic E-state index is 11.0. The first-order chi connectivity index (χ1) is 8.78. The van der Waals surface area contributed by atoms with Crippen molar-refractivity contribution in [1.29, 1.82) is 5.26 Å². The Balaban J connectivity index is 3.28. The summed E-state index contributed by atoms with van der Waals surface area (Å²) in [6.07, 6.45) is 0. The summed E-state index contributed by atoms with van der Waals surface area (Å²) in [6, 6.07) is 6.18. The highest BCUT2D eigenvalue weighted by Gasteiger charge is 2.24. The van der Waals surface area contributed by atoms with Crippen LogP contribution >= 0.6 is 0 Å². The molecule has 0 aliphatic heterocycles. The molecule has 0 spiro atoms. The zero-order valence-electron chi connectivity index (χ0n) is 11.3. The van der Waals surface area contributed by atoms with Gasteiger partial charge in [-0.1, -0.05) is 0 Å². The maximum absolute atomic E-state index is 11.0. The molecular weight excluding hydrogens is 246 g/mol. The number of benzene rings is 1. The van der Waals surface area contributed by atoms with E-state index in [0.717, 1.165) is 0 Å². The summed E-state index contributed by atoms with van der Waals surface area (Å²) in [5, 5.41) is 29.8. The van der Waals surface area contributed by atoms with Crippen molar-refractivity contribution in [2.45, 2.75) is 26.4 Å². The highest BCUT2D eigenvalue weighted by Crippen LogP contribution is 2.30. The van der Waals surface area contributed by atoms with Gasteiger partial charge in [-0.15, -0.1) is 0 Å². The second-order valence-corrected chi connectivity index (χ2v) is 4.90. The van der Waals surface area contributed by atoms with Gasteiger partial charge in [0.05, 0.1) is 22.2 Å². The van der Waals surface area contributed by atoms with Gasteiger partial charge in [0.1, 0.15) is 5.69 Å². The van der Waals surface area contributed by atoms with E-state index in [0.29, 0.717) is 17.8 Å². The number of likely N-dealkylation sites (N-methyl/N-ethyl adjacent to an activating group) is 1. The predicted octanol–water partition coefficient (Wildman–Crippen LogP) is 2.06. The van der Waals surface area contributed by atoms with Gasteiger partial charge in [-0.25, -0.2) is 0 Å². The number of hydrogen-bond donors (Lipinski definition) is 1. The van der Waals surface area contributed by atoms with Crippen LogP contribution in [0, 0.1) is 21.4 Å². The van der Waals surface area contributed by atoms with Crippen LogP contribution in [0.25, 0.3) is 0 Å². The van der Waals surface area contributed by atoms with E-state index in [1.807, 2.05) is 13.0 Å². The molecule has 0 saturated heterocycles. The first-order valence-corrected chi connectivity index (χ1v) is 5.94. The Kier molecular flexibility index (Phi) is 4.46. The topological polar surface area (TPSA) is 90.4 Å². The van der Waals surface area contributed by atoms with E-state index < -0.39 is 10.5 Å². The second-order valence-electron chi connectivity index (χ2n) is 4.90. The van der Waals surface area contributed by atoms with Gasteiger partial charge in [0, 0.05) is 19.2 Å². The van der Waals surface area contributed by atoms with E-state index in [1.165, 1.54) is 18.2 Å². The average molecular weight is 263 g/mol. The van der Waals surface area contributed by atoms with Gasteiger partial charge in [-0.05, 0) is 32.9 Å². The van der Waals surface area contributed by atoms with Crippen molar-refractivity contribution in [2.75, 3.05) is 18.0 Å². The van der Waals surface area contributed by atoms with Crippen molar-refractivity contribution >= 4 is 11.4 Å². The summed E-state index contributed by atoms with van der Waals surface area (Å²) in [6.45, 7) is 5.86. The first-order valence-electron chi connectivity index (χ1n) is 5.94. The standard InChI is InChI=1S/C13H17N3O3/c1-4-15(9-13(2,3)17)12-7-10(8-14)5-6-11(12)16(18)19/h5-7,17H,4,9H2,1-3H3. The van der Waals surface area contributed by atoms with E-state index in [1.54, 1.807) is 18.7 Å². The average Bonchev–Trinajstić information content (AvgIpc) is 2.33. The van der Waals surface area contributed by atoms with Crippen molar-refractivity contribution in [2.24, 2.45) is 0 Å². The molecule has 19 heavy (non-hydrogen) atoms. The van der Waals surface area contributed by atoms with Crippen LogP contribution in [0.5, 0.6) is 0 Å². The number of anilines is 1. The fourth-order valence-electron chi connectivity index (χ4n) is 1.84. The number of nitro groups is 1. The minimum atomic E-state index is -0.980. The van der Waals surface area contributed by atoms with Crippen LogP contribution in [0.2, 0.25) is 0 Å². The third-order valence-corrected chi connectivity index (χ3v) is 2.60. The maximum Gasteiger partial charge on any atom is 0.292 e. The third-order valence-electron chi connectivity index (χ3n) is 2.60. The molecule has 0 heterocycles. The van der Waals surface area contributed by atoms with Crippen molar-refractivity contribution in [3.8, 4) is 6.07 Å². The Morgan fingerprint density at radius 3 is 2.58 bits per heavy atom. The molecule has 0 aliphatic carbocycles. The molecule has 0 saturated carbocycles. The predicted molar refractivity (Wildman–Crippen MR) is 72.0 cm³/mol. The van der Waals surface area contributed by atoms with Crippen LogP contribution in [0.4, 0.5) is 11.4 Å². The fraction of sp³-hybridized carbons (Fsp3) is 0.462. The van der Waals surface area contributed by atoms with E-state index in [-0.39, 0.29) is 12.2 Å². The SMILES string of the molecule is CCN(CC(C)(C)O)c1cc(C#N)ccc1[N+](=O)[O-]. The molecule has 1 aromatic carbocycles. The minimum Gasteiger partial charge on any atom is -0.389 e. The van der Waals surface area contributed by atoms with Crippen LogP contribution in [0.15, 0.2) is 18.2 Å². The smallest absolute Gasteiger partial charge is 0.292 e. The molecule has 1 aromatic rings. The highest BCUT2D eigenvalue weighted by atomic mass is 16.6. The molecule has 6 nitrogen and oxygen atoms in total. The van der Waals surface area contributed by atoms with Gasteiger partial charge in [-0.3, -0.25) is 10.1 Å². The molecule has 1 N–H and O–H groups in total. The summed E-state index contributed by atoms with van der Waals surface area (Å²) in [5.41, 5.74) is -0.333. The van der Waals surface area contributed by atoms with Crippen LogP contribution in [0.1, 0.15) is 26.3 Å². The lowest BCUT2D eigenvalue weighted by atomic mass is 10.1. The van der Waals surface area contributed by atoms with E-state index in [2.05, 4.69) is 0 Å². The molecule has 0 aliphatic rings. The molecular formula is C13H17N3O3. The highest BCUT2D eigenvalue weighted by molar-refractivity contribution is 5.66. The molecule has 0 amide bonds. The molecule has 0 radical (unpaired) electrons. The summed E-state index contributed by atoms with van der Waals surface area (Å²) in [7, 11) is 0. The lowest BCUT2D eigenvalue weighted by molar-refractivity contribution is -0.384. The fourth-order valence-corrected chi connectivity index (χ4v) is 1.84. The van der Waals surface area contributed by atoms with Crippen LogP contribution < -0.4 is 4.90 Å². The van der Waals surface area contributed by atoms with Crippen LogP contribution in [0.3, 0.4) is 0 Å². The summed E-state index contributed by atoms with van der Waals surface area (Å²) >= 11 is 0. The zero-order valence-corrected chi connectivity index (χ0v) is 11.3. The van der Waals surface area contributed by atoms with Crippen molar-refractivity contribution in [3.63, 3.8) is 0 Å². The number of nitriles is 1. The molecule has 0 fully saturated rings. The number of nitrogens with zero attached hydrogens (tertiary/aromatic N) is 3. The summed E-state index contributed by atoms with van der Waals surface area (Å²) in [4.78, 5) is 12.3. The quantitative estimate of drug-likeness (QED) is 0.648. The molecule has 102 valence electrons. The Hall–Kier alpha value is -2.13. The number of hydrogen-bond acceptors (Lipinski definition) is 5. The number of rotatable bonds is 5. The molecule has 1 rings (SSSR count). The zero-order chi connectivity index (χ0) is 14.6. The van der Waals surface area contributed by atoms with E-state index in [4.69, 9.17) is 5.26 Å². The van der Waals surface area contributed by atoms with Crippen molar-refractivity contribution in [3.05, 3.63) is 33.9 Å². The van der Waals surface area contributed by atoms with E-state index in [9.17, 15) is 15.2 Å². The Labute approximate surface area is 112 Å². The van der Waals surface area contributed by atoms with Gasteiger partial charge in [0.25, 0.3) is 5.69 Å². The summed E-state index contributed by atoms with van der Waals surface area (Å²) in [5.74, 6) is 0. The first kappa shape index (κ1) is 14.9. The number of nitro benzene ring substituents is 1. The normalized spacial score (nSPS) is 10.9.